The SMILES string of the molecule is CCn1nc(C)cc1-c1ccncc1C. The molecule has 0 aliphatic carbocycles. The molecule has 0 aliphatic rings. The largest absolute Gasteiger partial charge is 0.265 e. The summed E-state index contributed by atoms with van der Waals surface area (Å²) < 4.78 is 2.03. The lowest BCUT2D eigenvalue weighted by Gasteiger charge is -2.06. The van der Waals surface area contributed by atoms with Crippen molar-refractivity contribution in [3.63, 3.8) is 0 Å². The second-order valence-electron chi connectivity index (χ2n) is 3.68. The van der Waals surface area contributed by atoms with E-state index in [1.807, 2.05) is 30.1 Å². The van der Waals surface area contributed by atoms with E-state index in [0.29, 0.717) is 0 Å². The molecule has 0 fully saturated rings. The van der Waals surface area contributed by atoms with Gasteiger partial charge in [-0.05, 0) is 38.5 Å². The Hall–Kier alpha value is -1.64. The molecule has 0 N–H and O–H groups in total. The topological polar surface area (TPSA) is 30.7 Å². The van der Waals surface area contributed by atoms with Crippen LogP contribution in [0.3, 0.4) is 0 Å². The summed E-state index contributed by atoms with van der Waals surface area (Å²) in [4.78, 5) is 4.10. The Balaban J connectivity index is 2.58. The first-order chi connectivity index (χ1) is 7.22. The minimum atomic E-state index is 0.894. The Kier molecular flexibility index (Phi) is 2.54. The summed E-state index contributed by atoms with van der Waals surface area (Å²) in [5, 5.41) is 4.44. The van der Waals surface area contributed by atoms with Gasteiger partial charge in [-0.1, -0.05) is 0 Å². The number of nitrogens with zero attached hydrogens (tertiary/aromatic N) is 3. The minimum absolute atomic E-state index is 0.894. The van der Waals surface area contributed by atoms with Crippen molar-refractivity contribution in [3.8, 4) is 11.3 Å². The summed E-state index contributed by atoms with van der Waals surface area (Å²) in [6.07, 6.45) is 3.71. The maximum atomic E-state index is 4.44. The number of rotatable bonds is 2. The summed E-state index contributed by atoms with van der Waals surface area (Å²) in [6, 6.07) is 4.16. The highest BCUT2D eigenvalue weighted by molar-refractivity contribution is 5.63. The molecule has 0 bridgehead atoms. The fourth-order valence-corrected chi connectivity index (χ4v) is 1.76. The van der Waals surface area contributed by atoms with Gasteiger partial charge in [-0.25, -0.2) is 0 Å². The van der Waals surface area contributed by atoms with Gasteiger partial charge in [0.2, 0.25) is 0 Å². The van der Waals surface area contributed by atoms with Crippen LogP contribution in [0, 0.1) is 13.8 Å². The third-order valence-corrected chi connectivity index (χ3v) is 2.50. The van der Waals surface area contributed by atoms with E-state index in [1.54, 1.807) is 0 Å². The molecule has 0 atom stereocenters. The van der Waals surface area contributed by atoms with E-state index in [9.17, 15) is 0 Å². The van der Waals surface area contributed by atoms with E-state index in [1.165, 1.54) is 16.8 Å². The lowest BCUT2D eigenvalue weighted by atomic mass is 10.1. The van der Waals surface area contributed by atoms with Crippen LogP contribution in [0.2, 0.25) is 0 Å². The van der Waals surface area contributed by atoms with Gasteiger partial charge in [-0.2, -0.15) is 5.10 Å². The molecule has 3 nitrogen and oxygen atoms in total. The van der Waals surface area contributed by atoms with Crippen LogP contribution in [0.15, 0.2) is 24.5 Å². The molecule has 2 aromatic rings. The summed E-state index contributed by atoms with van der Waals surface area (Å²) >= 11 is 0. The van der Waals surface area contributed by atoms with Gasteiger partial charge in [0.15, 0.2) is 0 Å². The first-order valence-corrected chi connectivity index (χ1v) is 5.17. The molecule has 0 saturated carbocycles. The molecule has 3 heteroatoms. The smallest absolute Gasteiger partial charge is 0.0688 e. The monoisotopic (exact) mass is 201 g/mol. The van der Waals surface area contributed by atoms with Crippen molar-refractivity contribution in [1.29, 1.82) is 0 Å². The molecular weight excluding hydrogens is 186 g/mol. The Morgan fingerprint density at radius 2 is 2.13 bits per heavy atom. The maximum Gasteiger partial charge on any atom is 0.0688 e. The zero-order chi connectivity index (χ0) is 10.8. The van der Waals surface area contributed by atoms with Crippen molar-refractivity contribution in [3.05, 3.63) is 35.8 Å². The van der Waals surface area contributed by atoms with Crippen LogP contribution in [0.4, 0.5) is 0 Å². The second kappa shape index (κ2) is 3.85. The molecule has 0 unspecified atom stereocenters. The summed E-state index contributed by atoms with van der Waals surface area (Å²) in [6.45, 7) is 7.09. The van der Waals surface area contributed by atoms with Crippen LogP contribution in [-0.2, 0) is 6.54 Å². The van der Waals surface area contributed by atoms with E-state index in [2.05, 4.69) is 30.0 Å². The molecule has 2 heterocycles. The Labute approximate surface area is 89.8 Å². The number of hydrogen-bond donors (Lipinski definition) is 0. The highest BCUT2D eigenvalue weighted by Crippen LogP contribution is 2.23. The highest BCUT2D eigenvalue weighted by Gasteiger charge is 2.08. The van der Waals surface area contributed by atoms with Crippen LogP contribution in [-0.4, -0.2) is 14.8 Å². The highest BCUT2D eigenvalue weighted by atomic mass is 15.3. The van der Waals surface area contributed by atoms with Crippen molar-refractivity contribution >= 4 is 0 Å². The summed E-state index contributed by atoms with van der Waals surface area (Å²) in [5.41, 5.74) is 4.64. The average Bonchev–Trinajstić information content (AvgIpc) is 2.60. The number of hydrogen-bond acceptors (Lipinski definition) is 2. The molecule has 0 aromatic carbocycles. The minimum Gasteiger partial charge on any atom is -0.265 e. The quantitative estimate of drug-likeness (QED) is 0.747. The lowest BCUT2D eigenvalue weighted by Crippen LogP contribution is -2.00. The molecule has 0 amide bonds. The van der Waals surface area contributed by atoms with Gasteiger partial charge >= 0.3 is 0 Å². The van der Waals surface area contributed by atoms with Gasteiger partial charge < -0.3 is 0 Å². The molecule has 0 radical (unpaired) electrons. The zero-order valence-electron chi connectivity index (χ0n) is 9.36. The van der Waals surface area contributed by atoms with Crippen LogP contribution in [0.5, 0.6) is 0 Å². The van der Waals surface area contributed by atoms with E-state index >= 15 is 0 Å². The lowest BCUT2D eigenvalue weighted by molar-refractivity contribution is 0.660. The van der Waals surface area contributed by atoms with Crippen LogP contribution in [0.25, 0.3) is 11.3 Å². The van der Waals surface area contributed by atoms with Crippen LogP contribution >= 0.6 is 0 Å². The van der Waals surface area contributed by atoms with E-state index in [-0.39, 0.29) is 0 Å². The van der Waals surface area contributed by atoms with Gasteiger partial charge in [0, 0.05) is 24.5 Å². The fourth-order valence-electron chi connectivity index (χ4n) is 1.76. The number of pyridine rings is 1. The molecule has 15 heavy (non-hydrogen) atoms. The Morgan fingerprint density at radius 3 is 2.80 bits per heavy atom. The van der Waals surface area contributed by atoms with Crippen LogP contribution < -0.4 is 0 Å². The second-order valence-corrected chi connectivity index (χ2v) is 3.68. The van der Waals surface area contributed by atoms with Crippen molar-refractivity contribution in [2.45, 2.75) is 27.3 Å². The average molecular weight is 201 g/mol. The van der Waals surface area contributed by atoms with E-state index < -0.39 is 0 Å². The van der Waals surface area contributed by atoms with Gasteiger partial charge in [0.05, 0.1) is 11.4 Å². The van der Waals surface area contributed by atoms with Crippen LogP contribution in [0.1, 0.15) is 18.2 Å². The molecule has 0 saturated heterocycles. The molecule has 0 aliphatic heterocycles. The molecular formula is C12H15N3. The Bertz CT molecular complexity index is 471. The van der Waals surface area contributed by atoms with Gasteiger partial charge in [-0.3, -0.25) is 9.67 Å². The van der Waals surface area contributed by atoms with Crippen molar-refractivity contribution in [2.75, 3.05) is 0 Å². The number of aromatic nitrogens is 3. The predicted molar refractivity (Wildman–Crippen MR) is 60.6 cm³/mol. The fraction of sp³-hybridized carbons (Fsp3) is 0.333. The predicted octanol–water partition coefficient (Wildman–Crippen LogP) is 2.58. The standard InChI is InChI=1S/C12H15N3/c1-4-15-12(7-10(3)14-15)11-5-6-13-8-9(11)2/h5-8H,4H2,1-3H3. The normalized spacial score (nSPS) is 10.6. The summed E-state index contributed by atoms with van der Waals surface area (Å²) in [7, 11) is 0. The van der Waals surface area contributed by atoms with Gasteiger partial charge in [0.25, 0.3) is 0 Å². The van der Waals surface area contributed by atoms with E-state index in [4.69, 9.17) is 0 Å². The van der Waals surface area contributed by atoms with Crippen molar-refractivity contribution < 1.29 is 0 Å². The first-order valence-electron chi connectivity index (χ1n) is 5.17. The third kappa shape index (κ3) is 1.77. The summed E-state index contributed by atoms with van der Waals surface area (Å²) in [5.74, 6) is 0. The van der Waals surface area contributed by atoms with Crippen molar-refractivity contribution in [1.82, 2.24) is 14.8 Å². The number of aryl methyl sites for hydroxylation is 3. The molecule has 0 spiro atoms. The first kappa shape index (κ1) is 9.90. The maximum absolute atomic E-state index is 4.44. The molecule has 2 rings (SSSR count). The third-order valence-electron chi connectivity index (χ3n) is 2.50. The zero-order valence-corrected chi connectivity index (χ0v) is 9.36. The molecule has 78 valence electrons. The Morgan fingerprint density at radius 1 is 1.33 bits per heavy atom. The van der Waals surface area contributed by atoms with Crippen molar-refractivity contribution in [2.24, 2.45) is 0 Å². The van der Waals surface area contributed by atoms with Gasteiger partial charge in [-0.15, -0.1) is 0 Å². The molecule has 2 aromatic heterocycles. The van der Waals surface area contributed by atoms with E-state index in [0.717, 1.165) is 12.2 Å². The van der Waals surface area contributed by atoms with Gasteiger partial charge in [0.1, 0.15) is 0 Å².